The van der Waals surface area contributed by atoms with Gasteiger partial charge in [0.2, 0.25) is 0 Å². The SMILES string of the molecule is Cc1ccccc1Cn1cnc2c1c(=O)n(CC(C)C)c(=O)n2-c1ccccc1Cl. The molecule has 0 atom stereocenters. The van der Waals surface area contributed by atoms with Crippen LogP contribution >= 0.6 is 11.6 Å². The molecule has 0 saturated heterocycles. The molecule has 0 radical (unpaired) electrons. The molecule has 0 aliphatic rings. The van der Waals surface area contributed by atoms with Gasteiger partial charge in [0.05, 0.1) is 17.0 Å². The lowest BCUT2D eigenvalue weighted by molar-refractivity contribution is 0.489. The van der Waals surface area contributed by atoms with Crippen LogP contribution in [0.2, 0.25) is 5.02 Å². The van der Waals surface area contributed by atoms with Crippen LogP contribution in [-0.4, -0.2) is 18.7 Å². The quantitative estimate of drug-likeness (QED) is 0.488. The van der Waals surface area contributed by atoms with Gasteiger partial charge in [0.25, 0.3) is 5.56 Å². The van der Waals surface area contributed by atoms with Crippen molar-refractivity contribution in [2.45, 2.75) is 33.9 Å². The van der Waals surface area contributed by atoms with Crippen LogP contribution in [0.3, 0.4) is 0 Å². The van der Waals surface area contributed by atoms with Crippen LogP contribution in [0.4, 0.5) is 0 Å². The van der Waals surface area contributed by atoms with E-state index in [0.29, 0.717) is 35.0 Å². The molecule has 2 aromatic carbocycles. The van der Waals surface area contributed by atoms with Gasteiger partial charge < -0.3 is 4.57 Å². The summed E-state index contributed by atoms with van der Waals surface area (Å²) in [5, 5.41) is 0.420. The van der Waals surface area contributed by atoms with Gasteiger partial charge in [-0.15, -0.1) is 0 Å². The Labute approximate surface area is 179 Å². The number of benzene rings is 2. The third-order valence-electron chi connectivity index (χ3n) is 5.14. The smallest absolute Gasteiger partial charge is 0.320 e. The highest BCUT2D eigenvalue weighted by molar-refractivity contribution is 6.32. The number of fused-ring (bicyclic) bond motifs is 1. The summed E-state index contributed by atoms with van der Waals surface area (Å²) in [5.41, 5.74) is 2.65. The van der Waals surface area contributed by atoms with E-state index < -0.39 is 5.69 Å². The Bertz CT molecular complexity index is 1350. The third-order valence-corrected chi connectivity index (χ3v) is 5.46. The number of hydrogen-bond donors (Lipinski definition) is 0. The lowest BCUT2D eigenvalue weighted by Gasteiger charge is -2.15. The zero-order valence-corrected chi connectivity index (χ0v) is 17.9. The maximum absolute atomic E-state index is 13.4. The molecule has 6 nitrogen and oxygen atoms in total. The van der Waals surface area contributed by atoms with E-state index in [-0.39, 0.29) is 11.5 Å². The van der Waals surface area contributed by atoms with Gasteiger partial charge >= 0.3 is 5.69 Å². The second-order valence-corrected chi connectivity index (χ2v) is 8.26. The number of hydrogen-bond acceptors (Lipinski definition) is 3. The van der Waals surface area contributed by atoms with Crippen molar-refractivity contribution >= 4 is 22.8 Å². The van der Waals surface area contributed by atoms with Gasteiger partial charge in [-0.3, -0.25) is 9.36 Å². The van der Waals surface area contributed by atoms with Crippen LogP contribution in [0.5, 0.6) is 0 Å². The lowest BCUT2D eigenvalue weighted by Crippen LogP contribution is -2.41. The van der Waals surface area contributed by atoms with Crippen molar-refractivity contribution < 1.29 is 0 Å². The summed E-state index contributed by atoms with van der Waals surface area (Å²) >= 11 is 6.40. The number of aryl methyl sites for hydroxylation is 1. The standard InChI is InChI=1S/C23H23ClN4O2/c1-15(2)12-27-22(29)20-21(28(23(27)30)19-11-7-6-10-18(19)24)25-14-26(20)13-17-9-5-4-8-16(17)3/h4-11,14-15H,12-13H2,1-3H3. The Hall–Kier alpha value is -3.12. The van der Waals surface area contributed by atoms with Crippen molar-refractivity contribution in [2.24, 2.45) is 5.92 Å². The van der Waals surface area contributed by atoms with Crippen molar-refractivity contribution in [1.29, 1.82) is 0 Å². The summed E-state index contributed by atoms with van der Waals surface area (Å²) in [5.74, 6) is 0.125. The molecule has 154 valence electrons. The Kier molecular flexibility index (Phi) is 5.35. The van der Waals surface area contributed by atoms with Crippen molar-refractivity contribution in [2.75, 3.05) is 0 Å². The zero-order chi connectivity index (χ0) is 21.4. The molecule has 0 aliphatic carbocycles. The summed E-state index contributed by atoms with van der Waals surface area (Å²) in [6, 6.07) is 15.1. The van der Waals surface area contributed by atoms with E-state index in [1.54, 1.807) is 24.5 Å². The highest BCUT2D eigenvalue weighted by Gasteiger charge is 2.21. The van der Waals surface area contributed by atoms with Crippen LogP contribution in [0.1, 0.15) is 25.0 Å². The van der Waals surface area contributed by atoms with Gasteiger partial charge in [-0.2, -0.15) is 0 Å². The fourth-order valence-electron chi connectivity index (χ4n) is 3.65. The molecular formula is C23H23ClN4O2. The van der Waals surface area contributed by atoms with Crippen molar-refractivity contribution in [3.8, 4) is 5.69 Å². The van der Waals surface area contributed by atoms with Gasteiger partial charge in [-0.1, -0.05) is 61.8 Å². The van der Waals surface area contributed by atoms with Crippen LogP contribution in [0.25, 0.3) is 16.9 Å². The second-order valence-electron chi connectivity index (χ2n) is 7.85. The minimum absolute atomic E-state index is 0.125. The molecule has 0 saturated carbocycles. The topological polar surface area (TPSA) is 61.8 Å². The first-order valence-corrected chi connectivity index (χ1v) is 10.3. The Morgan fingerprint density at radius 2 is 1.73 bits per heavy atom. The van der Waals surface area contributed by atoms with Crippen molar-refractivity contribution in [3.63, 3.8) is 0 Å². The lowest BCUT2D eigenvalue weighted by atomic mass is 10.1. The average molecular weight is 423 g/mol. The summed E-state index contributed by atoms with van der Waals surface area (Å²) in [4.78, 5) is 31.2. The van der Waals surface area contributed by atoms with E-state index in [4.69, 9.17) is 11.6 Å². The van der Waals surface area contributed by atoms with Gasteiger partial charge in [0.15, 0.2) is 11.2 Å². The molecule has 4 rings (SSSR count). The van der Waals surface area contributed by atoms with Gasteiger partial charge in [0, 0.05) is 13.1 Å². The minimum Gasteiger partial charge on any atom is -0.320 e. The van der Waals surface area contributed by atoms with Crippen molar-refractivity contribution in [3.05, 3.63) is 91.8 Å². The summed E-state index contributed by atoms with van der Waals surface area (Å²) in [6.07, 6.45) is 1.62. The van der Waals surface area contributed by atoms with Gasteiger partial charge in [-0.25, -0.2) is 14.3 Å². The highest BCUT2D eigenvalue weighted by atomic mass is 35.5. The fourth-order valence-corrected chi connectivity index (χ4v) is 3.87. The molecule has 0 aliphatic heterocycles. The van der Waals surface area contributed by atoms with Crippen LogP contribution < -0.4 is 11.2 Å². The van der Waals surface area contributed by atoms with Crippen LogP contribution in [-0.2, 0) is 13.1 Å². The molecule has 0 unspecified atom stereocenters. The second kappa shape index (κ2) is 7.95. The summed E-state index contributed by atoms with van der Waals surface area (Å²) in [6.45, 7) is 6.78. The highest BCUT2D eigenvalue weighted by Crippen LogP contribution is 2.22. The molecule has 7 heteroatoms. The maximum Gasteiger partial charge on any atom is 0.337 e. The zero-order valence-electron chi connectivity index (χ0n) is 17.2. The van der Waals surface area contributed by atoms with E-state index in [2.05, 4.69) is 4.98 Å². The molecule has 0 N–H and O–H groups in total. The van der Waals surface area contributed by atoms with E-state index in [1.807, 2.05) is 55.7 Å². The number of rotatable bonds is 5. The van der Waals surface area contributed by atoms with Gasteiger partial charge in [-0.05, 0) is 36.1 Å². The molecule has 2 aromatic heterocycles. The Morgan fingerprint density at radius 1 is 1.03 bits per heavy atom. The van der Waals surface area contributed by atoms with E-state index in [9.17, 15) is 9.59 Å². The Balaban J connectivity index is 2.04. The normalized spacial score (nSPS) is 11.5. The minimum atomic E-state index is -0.435. The fraction of sp³-hybridized carbons (Fsp3) is 0.261. The molecule has 30 heavy (non-hydrogen) atoms. The molecule has 0 spiro atoms. The van der Waals surface area contributed by atoms with E-state index in [1.165, 1.54) is 9.13 Å². The third kappa shape index (κ3) is 3.48. The maximum atomic E-state index is 13.4. The number of nitrogens with zero attached hydrogens (tertiary/aromatic N) is 4. The first kappa shape index (κ1) is 20.2. The Morgan fingerprint density at radius 3 is 2.43 bits per heavy atom. The van der Waals surface area contributed by atoms with E-state index >= 15 is 0 Å². The number of halogens is 1. The molecular weight excluding hydrogens is 400 g/mol. The van der Waals surface area contributed by atoms with Gasteiger partial charge in [0.1, 0.15) is 0 Å². The number of para-hydroxylation sites is 1. The predicted molar refractivity (Wildman–Crippen MR) is 120 cm³/mol. The molecule has 4 aromatic rings. The summed E-state index contributed by atoms with van der Waals surface area (Å²) < 4.78 is 4.53. The average Bonchev–Trinajstić information content (AvgIpc) is 3.12. The van der Waals surface area contributed by atoms with Crippen molar-refractivity contribution in [1.82, 2.24) is 18.7 Å². The van der Waals surface area contributed by atoms with Crippen LogP contribution in [0, 0.1) is 12.8 Å². The molecule has 0 bridgehead atoms. The largest absolute Gasteiger partial charge is 0.337 e. The number of imidazole rings is 1. The molecule has 0 amide bonds. The van der Waals surface area contributed by atoms with E-state index in [0.717, 1.165) is 11.1 Å². The molecule has 0 fully saturated rings. The molecule has 2 heterocycles. The first-order valence-electron chi connectivity index (χ1n) is 9.88. The monoisotopic (exact) mass is 422 g/mol. The summed E-state index contributed by atoms with van der Waals surface area (Å²) in [7, 11) is 0. The predicted octanol–water partition coefficient (Wildman–Crippen LogP) is 4.02. The first-order chi connectivity index (χ1) is 14.4. The number of aromatic nitrogens is 4. The van der Waals surface area contributed by atoms with Crippen LogP contribution in [0.15, 0.2) is 64.4 Å².